The van der Waals surface area contributed by atoms with Crippen molar-refractivity contribution < 1.29 is 14.7 Å². The summed E-state index contributed by atoms with van der Waals surface area (Å²) in [6.45, 7) is 1.81. The smallest absolute Gasteiger partial charge is 0.321 e. The normalized spacial score (nSPS) is 31.9. The second-order valence-electron chi connectivity index (χ2n) is 2.91. The highest BCUT2D eigenvalue weighted by molar-refractivity contribution is 5.87. The van der Waals surface area contributed by atoms with Gasteiger partial charge >= 0.3 is 5.97 Å². The summed E-state index contributed by atoms with van der Waals surface area (Å²) in [5.41, 5.74) is 0. The van der Waals surface area contributed by atoms with Crippen LogP contribution in [0, 0.1) is 0 Å². The summed E-state index contributed by atoms with van der Waals surface area (Å²) in [6, 6.07) is -0.677. The SMILES string of the molecule is CC1CC(=O)C[C@@H](C(=O)O)N1. The second kappa shape index (κ2) is 3.00. The van der Waals surface area contributed by atoms with Crippen molar-refractivity contribution in [3.05, 3.63) is 0 Å². The molecule has 1 heterocycles. The van der Waals surface area contributed by atoms with E-state index in [9.17, 15) is 9.59 Å². The van der Waals surface area contributed by atoms with Crippen molar-refractivity contribution in [1.29, 1.82) is 0 Å². The molecule has 0 aromatic carbocycles. The van der Waals surface area contributed by atoms with Crippen LogP contribution in [0.4, 0.5) is 0 Å². The number of piperidine rings is 1. The Bertz CT molecular complexity index is 190. The molecule has 1 aliphatic rings. The van der Waals surface area contributed by atoms with E-state index in [1.54, 1.807) is 0 Å². The van der Waals surface area contributed by atoms with Crippen molar-refractivity contribution >= 4 is 11.8 Å². The molecule has 0 amide bonds. The molecule has 4 nitrogen and oxygen atoms in total. The van der Waals surface area contributed by atoms with E-state index in [2.05, 4.69) is 5.32 Å². The van der Waals surface area contributed by atoms with Gasteiger partial charge in [-0.25, -0.2) is 0 Å². The van der Waals surface area contributed by atoms with Gasteiger partial charge in [0.25, 0.3) is 0 Å². The molecule has 2 N–H and O–H groups in total. The van der Waals surface area contributed by atoms with Crippen LogP contribution in [0.5, 0.6) is 0 Å². The van der Waals surface area contributed by atoms with Crippen LogP contribution in [-0.2, 0) is 9.59 Å². The lowest BCUT2D eigenvalue weighted by Gasteiger charge is -2.24. The minimum atomic E-state index is -0.940. The Morgan fingerprint density at radius 1 is 1.64 bits per heavy atom. The molecule has 0 radical (unpaired) electrons. The number of ketones is 1. The Hall–Kier alpha value is -0.900. The summed E-state index contributed by atoms with van der Waals surface area (Å²) < 4.78 is 0. The molecule has 11 heavy (non-hydrogen) atoms. The standard InChI is InChI=1S/C7H11NO3/c1-4-2-5(9)3-6(8-4)7(10)11/h4,6,8H,2-3H2,1H3,(H,10,11)/t4?,6-/m0/s1. The highest BCUT2D eigenvalue weighted by atomic mass is 16.4. The number of hydrogen-bond donors (Lipinski definition) is 2. The Kier molecular flexibility index (Phi) is 2.24. The Morgan fingerprint density at radius 3 is 2.73 bits per heavy atom. The van der Waals surface area contributed by atoms with E-state index in [0.29, 0.717) is 6.42 Å². The van der Waals surface area contributed by atoms with Crippen LogP contribution < -0.4 is 5.32 Å². The summed E-state index contributed by atoms with van der Waals surface area (Å²) in [5.74, 6) is -0.909. The highest BCUT2D eigenvalue weighted by Gasteiger charge is 2.28. The van der Waals surface area contributed by atoms with Gasteiger partial charge in [-0.15, -0.1) is 0 Å². The number of carboxylic acid groups (broad SMARTS) is 1. The summed E-state index contributed by atoms with van der Waals surface area (Å²) in [6.07, 6.45) is 0.573. The lowest BCUT2D eigenvalue weighted by molar-refractivity contribution is -0.142. The fourth-order valence-corrected chi connectivity index (χ4v) is 1.27. The molecular weight excluding hydrogens is 146 g/mol. The van der Waals surface area contributed by atoms with Crippen molar-refractivity contribution in [2.45, 2.75) is 31.8 Å². The first-order chi connectivity index (χ1) is 5.09. The summed E-state index contributed by atoms with van der Waals surface area (Å²) in [5, 5.41) is 11.4. The minimum absolute atomic E-state index is 0.00245. The Morgan fingerprint density at radius 2 is 2.27 bits per heavy atom. The molecule has 1 rings (SSSR count). The molecule has 0 aliphatic carbocycles. The molecule has 0 aromatic heterocycles. The third-order valence-corrected chi connectivity index (χ3v) is 1.75. The van der Waals surface area contributed by atoms with E-state index in [0.717, 1.165) is 0 Å². The Balaban J connectivity index is 2.56. The van der Waals surface area contributed by atoms with Crippen LogP contribution in [0.1, 0.15) is 19.8 Å². The molecule has 1 saturated heterocycles. The van der Waals surface area contributed by atoms with Gasteiger partial charge in [-0.1, -0.05) is 0 Å². The Labute approximate surface area is 64.6 Å². The largest absolute Gasteiger partial charge is 0.480 e. The number of nitrogens with one attached hydrogen (secondary N) is 1. The molecule has 1 aliphatic heterocycles. The first-order valence-electron chi connectivity index (χ1n) is 3.60. The highest BCUT2D eigenvalue weighted by Crippen LogP contribution is 2.08. The predicted octanol–water partition coefficient (Wildman–Crippen LogP) is -0.219. The zero-order valence-electron chi connectivity index (χ0n) is 6.33. The van der Waals surface area contributed by atoms with Gasteiger partial charge < -0.3 is 10.4 Å². The molecule has 62 valence electrons. The van der Waals surface area contributed by atoms with Crippen molar-refractivity contribution in [1.82, 2.24) is 5.32 Å². The van der Waals surface area contributed by atoms with E-state index in [-0.39, 0.29) is 18.2 Å². The van der Waals surface area contributed by atoms with E-state index in [1.807, 2.05) is 6.92 Å². The molecule has 0 aromatic rings. The molecule has 1 unspecified atom stereocenters. The molecule has 2 atom stereocenters. The number of aliphatic carboxylic acids is 1. The molecular formula is C7H11NO3. The first-order valence-corrected chi connectivity index (χ1v) is 3.60. The van der Waals surface area contributed by atoms with E-state index >= 15 is 0 Å². The number of rotatable bonds is 1. The number of carboxylic acids is 1. The molecule has 1 fully saturated rings. The molecule has 4 heteroatoms. The van der Waals surface area contributed by atoms with Crippen LogP contribution >= 0.6 is 0 Å². The topological polar surface area (TPSA) is 66.4 Å². The van der Waals surface area contributed by atoms with Crippen molar-refractivity contribution in [2.75, 3.05) is 0 Å². The van der Waals surface area contributed by atoms with Crippen LogP contribution in [0.3, 0.4) is 0 Å². The fourth-order valence-electron chi connectivity index (χ4n) is 1.27. The van der Waals surface area contributed by atoms with Crippen molar-refractivity contribution in [2.24, 2.45) is 0 Å². The van der Waals surface area contributed by atoms with E-state index < -0.39 is 12.0 Å². The second-order valence-corrected chi connectivity index (χ2v) is 2.91. The van der Waals surface area contributed by atoms with Gasteiger partial charge in [0.15, 0.2) is 0 Å². The van der Waals surface area contributed by atoms with Gasteiger partial charge in [-0.2, -0.15) is 0 Å². The summed E-state index contributed by atoms with van der Waals surface area (Å²) in [7, 11) is 0. The average molecular weight is 157 g/mol. The van der Waals surface area contributed by atoms with Crippen molar-refractivity contribution in [3.63, 3.8) is 0 Å². The maximum atomic E-state index is 10.9. The third kappa shape index (κ3) is 2.01. The van der Waals surface area contributed by atoms with Gasteiger partial charge in [0.1, 0.15) is 11.8 Å². The summed E-state index contributed by atoms with van der Waals surface area (Å²) in [4.78, 5) is 21.3. The van der Waals surface area contributed by atoms with Gasteiger partial charge in [0.05, 0.1) is 0 Å². The maximum absolute atomic E-state index is 10.9. The zero-order chi connectivity index (χ0) is 8.43. The number of Topliss-reactive ketones (excluding diaryl/α,β-unsaturated/α-hetero) is 1. The molecule has 0 spiro atoms. The number of hydrogen-bond acceptors (Lipinski definition) is 3. The van der Waals surface area contributed by atoms with E-state index in [1.165, 1.54) is 0 Å². The van der Waals surface area contributed by atoms with Gasteiger partial charge in [-0.05, 0) is 6.92 Å². The number of carbonyl (C=O) groups is 2. The first kappa shape index (κ1) is 8.20. The minimum Gasteiger partial charge on any atom is -0.480 e. The van der Waals surface area contributed by atoms with Crippen LogP contribution in [-0.4, -0.2) is 28.9 Å². The maximum Gasteiger partial charge on any atom is 0.321 e. The quantitative estimate of drug-likeness (QED) is 0.552. The summed E-state index contributed by atoms with van der Waals surface area (Å²) >= 11 is 0. The van der Waals surface area contributed by atoms with Gasteiger partial charge in [-0.3, -0.25) is 9.59 Å². The lowest BCUT2D eigenvalue weighted by atomic mass is 9.98. The zero-order valence-corrected chi connectivity index (χ0v) is 6.33. The molecule has 0 bridgehead atoms. The van der Waals surface area contributed by atoms with Crippen LogP contribution in [0.2, 0.25) is 0 Å². The van der Waals surface area contributed by atoms with Gasteiger partial charge in [0, 0.05) is 18.9 Å². The predicted molar refractivity (Wildman–Crippen MR) is 38.3 cm³/mol. The van der Waals surface area contributed by atoms with Gasteiger partial charge in [0.2, 0.25) is 0 Å². The monoisotopic (exact) mass is 157 g/mol. The van der Waals surface area contributed by atoms with Crippen LogP contribution in [0.15, 0.2) is 0 Å². The van der Waals surface area contributed by atoms with Crippen LogP contribution in [0.25, 0.3) is 0 Å². The third-order valence-electron chi connectivity index (χ3n) is 1.75. The average Bonchev–Trinajstić information content (AvgIpc) is 1.85. The number of carbonyl (C=O) groups excluding carboxylic acids is 1. The molecule has 0 saturated carbocycles. The lowest BCUT2D eigenvalue weighted by Crippen LogP contribution is -2.48. The fraction of sp³-hybridized carbons (Fsp3) is 0.714. The van der Waals surface area contributed by atoms with Crippen molar-refractivity contribution in [3.8, 4) is 0 Å². The van der Waals surface area contributed by atoms with E-state index in [4.69, 9.17) is 5.11 Å².